The molecule has 0 unspecified atom stereocenters. The molecule has 0 atom stereocenters. The van der Waals surface area contributed by atoms with Crippen molar-refractivity contribution in [3.63, 3.8) is 0 Å². The summed E-state index contributed by atoms with van der Waals surface area (Å²) in [5.74, 6) is 0.639. The summed E-state index contributed by atoms with van der Waals surface area (Å²) in [5.41, 5.74) is 0.547. The van der Waals surface area contributed by atoms with E-state index in [0.717, 1.165) is 0 Å². The van der Waals surface area contributed by atoms with Gasteiger partial charge in [-0.1, -0.05) is 17.7 Å². The summed E-state index contributed by atoms with van der Waals surface area (Å²) in [6.07, 6.45) is 1.33. The highest BCUT2D eigenvalue weighted by Gasteiger charge is 2.09. The molecule has 7 heteroatoms. The molecule has 0 aliphatic carbocycles. The van der Waals surface area contributed by atoms with Crippen LogP contribution in [0.4, 0.5) is 4.39 Å². The fourth-order valence-corrected chi connectivity index (χ4v) is 1.76. The molecule has 3 aromatic rings. The predicted octanol–water partition coefficient (Wildman–Crippen LogP) is 3.02. The Bertz CT molecular complexity index is 759. The number of aryl methyl sites for hydroxylation is 1. The zero-order chi connectivity index (χ0) is 13.4. The van der Waals surface area contributed by atoms with Crippen LogP contribution < -0.4 is 4.74 Å². The third kappa shape index (κ3) is 2.22. The predicted molar refractivity (Wildman–Crippen MR) is 67.0 cm³/mol. The molecule has 0 saturated carbocycles. The van der Waals surface area contributed by atoms with Gasteiger partial charge in [0.25, 0.3) is 5.78 Å². The molecule has 0 aliphatic rings. The molecular weight excluding hydrogens is 271 g/mol. The normalized spacial score (nSPS) is 10.9. The molecule has 3 rings (SSSR count). The summed E-state index contributed by atoms with van der Waals surface area (Å²) in [4.78, 5) is 7.89. The maximum absolute atomic E-state index is 13.5. The smallest absolute Gasteiger partial charge is 0.256 e. The Morgan fingerprint density at radius 3 is 2.95 bits per heavy atom. The second kappa shape index (κ2) is 4.47. The van der Waals surface area contributed by atoms with Crippen LogP contribution in [0.25, 0.3) is 5.78 Å². The molecule has 0 radical (unpaired) electrons. The molecule has 5 nitrogen and oxygen atoms in total. The third-order valence-corrected chi connectivity index (χ3v) is 2.75. The van der Waals surface area contributed by atoms with Crippen molar-refractivity contribution in [1.29, 1.82) is 0 Å². The minimum atomic E-state index is -0.340. The molecule has 0 aliphatic heterocycles. The quantitative estimate of drug-likeness (QED) is 0.676. The van der Waals surface area contributed by atoms with E-state index in [-0.39, 0.29) is 11.0 Å². The number of fused-ring (bicyclic) bond motifs is 1. The van der Waals surface area contributed by atoms with Crippen molar-refractivity contribution in [2.75, 3.05) is 0 Å². The second-order valence-electron chi connectivity index (χ2n) is 3.90. The summed E-state index contributed by atoms with van der Waals surface area (Å²) < 4.78 is 20.4. The first kappa shape index (κ1) is 11.9. The second-order valence-corrected chi connectivity index (χ2v) is 4.29. The topological polar surface area (TPSA) is 52.3 Å². The van der Waals surface area contributed by atoms with Gasteiger partial charge in [-0.15, -0.1) is 0 Å². The van der Waals surface area contributed by atoms with Gasteiger partial charge in [0.1, 0.15) is 23.0 Å². The van der Waals surface area contributed by atoms with E-state index in [4.69, 9.17) is 16.3 Å². The van der Waals surface area contributed by atoms with E-state index < -0.39 is 0 Å². The number of ether oxygens (including phenoxy) is 1. The van der Waals surface area contributed by atoms with Crippen molar-refractivity contribution in [2.24, 2.45) is 0 Å². The molecule has 2 aromatic heterocycles. The van der Waals surface area contributed by atoms with E-state index >= 15 is 0 Å². The molecule has 1 aromatic carbocycles. The van der Waals surface area contributed by atoms with Crippen molar-refractivity contribution in [1.82, 2.24) is 19.6 Å². The zero-order valence-electron chi connectivity index (χ0n) is 9.84. The van der Waals surface area contributed by atoms with Crippen LogP contribution in [0, 0.1) is 12.7 Å². The lowest BCUT2D eigenvalue weighted by atomic mass is 10.2. The standard InChI is InChI=1S/C12H8ClFN4O/c1-7-2-3-8(4-9(7)14)19-11-5-10(13)17-12-15-6-16-18(11)12/h2-6H,1H3. The van der Waals surface area contributed by atoms with Gasteiger partial charge in [-0.05, 0) is 18.6 Å². The lowest BCUT2D eigenvalue weighted by Crippen LogP contribution is -1.98. The Labute approximate surface area is 112 Å². The van der Waals surface area contributed by atoms with E-state index in [0.29, 0.717) is 23.0 Å². The molecule has 0 amide bonds. The summed E-state index contributed by atoms with van der Waals surface area (Å²) in [6, 6.07) is 6.08. The monoisotopic (exact) mass is 278 g/mol. The average molecular weight is 279 g/mol. The van der Waals surface area contributed by atoms with Crippen LogP contribution >= 0.6 is 11.6 Å². The summed E-state index contributed by atoms with van der Waals surface area (Å²) in [6.45, 7) is 1.68. The van der Waals surface area contributed by atoms with Crippen LogP contribution in [-0.4, -0.2) is 19.6 Å². The van der Waals surface area contributed by atoms with Crippen molar-refractivity contribution in [3.05, 3.63) is 47.1 Å². The highest BCUT2D eigenvalue weighted by Crippen LogP contribution is 2.25. The van der Waals surface area contributed by atoms with Gasteiger partial charge in [0, 0.05) is 12.1 Å². The van der Waals surface area contributed by atoms with Crippen LogP contribution in [0.15, 0.2) is 30.6 Å². The number of nitrogens with zero attached hydrogens (tertiary/aromatic N) is 4. The Morgan fingerprint density at radius 2 is 2.16 bits per heavy atom. The van der Waals surface area contributed by atoms with E-state index in [1.165, 1.54) is 23.0 Å². The van der Waals surface area contributed by atoms with E-state index in [1.54, 1.807) is 19.1 Å². The maximum Gasteiger partial charge on any atom is 0.256 e. The van der Waals surface area contributed by atoms with Crippen LogP contribution in [-0.2, 0) is 0 Å². The van der Waals surface area contributed by atoms with Crippen molar-refractivity contribution in [2.45, 2.75) is 6.92 Å². The number of rotatable bonds is 2. The molecule has 0 N–H and O–H groups in total. The summed E-state index contributed by atoms with van der Waals surface area (Å²) >= 11 is 5.86. The highest BCUT2D eigenvalue weighted by molar-refractivity contribution is 6.29. The number of halogens is 2. The van der Waals surface area contributed by atoms with Crippen LogP contribution in [0.3, 0.4) is 0 Å². The average Bonchev–Trinajstić information content (AvgIpc) is 2.82. The third-order valence-electron chi connectivity index (χ3n) is 2.55. The number of benzene rings is 1. The van der Waals surface area contributed by atoms with Crippen molar-refractivity contribution in [3.8, 4) is 11.6 Å². The molecule has 96 valence electrons. The summed E-state index contributed by atoms with van der Waals surface area (Å²) in [7, 11) is 0. The molecule has 0 spiro atoms. The summed E-state index contributed by atoms with van der Waals surface area (Å²) in [5, 5.41) is 4.19. The van der Waals surface area contributed by atoms with E-state index in [2.05, 4.69) is 15.1 Å². The Kier molecular flexibility index (Phi) is 2.79. The van der Waals surface area contributed by atoms with Gasteiger partial charge in [-0.3, -0.25) is 0 Å². The molecule has 2 heterocycles. The van der Waals surface area contributed by atoms with Crippen molar-refractivity contribution < 1.29 is 9.13 Å². The fourth-order valence-electron chi connectivity index (χ4n) is 1.59. The number of hydrogen-bond donors (Lipinski definition) is 0. The molecule has 19 heavy (non-hydrogen) atoms. The van der Waals surface area contributed by atoms with Gasteiger partial charge in [0.2, 0.25) is 5.88 Å². The van der Waals surface area contributed by atoms with Gasteiger partial charge in [0.05, 0.1) is 0 Å². The molecule has 0 bridgehead atoms. The van der Waals surface area contributed by atoms with Crippen LogP contribution in [0.2, 0.25) is 5.15 Å². The molecule has 0 saturated heterocycles. The van der Waals surface area contributed by atoms with Gasteiger partial charge in [0.15, 0.2) is 0 Å². The number of aromatic nitrogens is 4. The SMILES string of the molecule is Cc1ccc(Oc2cc(Cl)nc3ncnn23)cc1F. The Hall–Kier alpha value is -2.21. The molecular formula is C12H8ClFN4O. The zero-order valence-corrected chi connectivity index (χ0v) is 10.6. The molecule has 0 fully saturated rings. The lowest BCUT2D eigenvalue weighted by Gasteiger charge is -2.07. The lowest BCUT2D eigenvalue weighted by molar-refractivity contribution is 0.441. The van der Waals surface area contributed by atoms with E-state index in [1.807, 2.05) is 0 Å². The van der Waals surface area contributed by atoms with Gasteiger partial charge in [-0.25, -0.2) is 4.39 Å². The first-order valence-corrected chi connectivity index (χ1v) is 5.81. The van der Waals surface area contributed by atoms with Crippen LogP contribution in [0.1, 0.15) is 5.56 Å². The van der Waals surface area contributed by atoms with Gasteiger partial charge < -0.3 is 4.74 Å². The minimum absolute atomic E-state index is 0.225. The van der Waals surface area contributed by atoms with Gasteiger partial charge in [-0.2, -0.15) is 19.6 Å². The van der Waals surface area contributed by atoms with Crippen LogP contribution in [0.5, 0.6) is 11.6 Å². The van der Waals surface area contributed by atoms with Crippen molar-refractivity contribution >= 4 is 17.4 Å². The number of hydrogen-bond acceptors (Lipinski definition) is 4. The Balaban J connectivity index is 2.04. The van der Waals surface area contributed by atoms with E-state index in [9.17, 15) is 4.39 Å². The maximum atomic E-state index is 13.5. The first-order valence-electron chi connectivity index (χ1n) is 5.44. The fraction of sp³-hybridized carbons (Fsp3) is 0.0833. The minimum Gasteiger partial charge on any atom is -0.439 e. The Morgan fingerprint density at radius 1 is 1.32 bits per heavy atom. The highest BCUT2D eigenvalue weighted by atomic mass is 35.5. The largest absolute Gasteiger partial charge is 0.439 e. The first-order chi connectivity index (χ1) is 9.13. The van der Waals surface area contributed by atoms with Gasteiger partial charge >= 0.3 is 0 Å².